The Morgan fingerprint density at radius 2 is 1.95 bits per heavy atom. The number of carbonyl (C=O) groups excluding carboxylic acids is 1. The van der Waals surface area contributed by atoms with Crippen molar-refractivity contribution >= 4 is 11.9 Å². The van der Waals surface area contributed by atoms with Crippen molar-refractivity contribution in [2.45, 2.75) is 57.9 Å². The standard InChI is InChI=1S/C17H25NO3/c1-3-4-13(14(19)20)18-15(21)17-8-11-5-12(9-17)7-16(2,6-11)10-17/h3,11-13H,1,4-10H2,2H3,(H,18,21)(H,19,20). The van der Waals surface area contributed by atoms with E-state index in [-0.39, 0.29) is 17.7 Å². The van der Waals surface area contributed by atoms with Gasteiger partial charge in [-0.2, -0.15) is 0 Å². The maximum atomic E-state index is 12.8. The van der Waals surface area contributed by atoms with Gasteiger partial charge in [0, 0.05) is 0 Å². The summed E-state index contributed by atoms with van der Waals surface area (Å²) in [7, 11) is 0. The van der Waals surface area contributed by atoms with E-state index < -0.39 is 12.0 Å². The minimum atomic E-state index is -0.973. The number of rotatable bonds is 5. The van der Waals surface area contributed by atoms with E-state index in [1.165, 1.54) is 19.3 Å². The van der Waals surface area contributed by atoms with Gasteiger partial charge in [0.15, 0.2) is 0 Å². The molecule has 0 aliphatic heterocycles. The average Bonchev–Trinajstić information content (AvgIpc) is 2.34. The van der Waals surface area contributed by atoms with Gasteiger partial charge in [0.05, 0.1) is 5.41 Å². The molecule has 4 rings (SSSR count). The summed E-state index contributed by atoms with van der Waals surface area (Å²) in [6.07, 6.45) is 8.41. The second kappa shape index (κ2) is 4.85. The van der Waals surface area contributed by atoms with Crippen LogP contribution in [0.15, 0.2) is 12.7 Å². The van der Waals surface area contributed by atoms with Gasteiger partial charge in [-0.05, 0) is 62.2 Å². The van der Waals surface area contributed by atoms with Gasteiger partial charge in [0.2, 0.25) is 5.91 Å². The van der Waals surface area contributed by atoms with Crippen molar-refractivity contribution in [3.05, 3.63) is 12.7 Å². The van der Waals surface area contributed by atoms with Crippen molar-refractivity contribution in [3.8, 4) is 0 Å². The molecule has 0 saturated heterocycles. The second-order valence-electron chi connectivity index (χ2n) is 7.94. The molecule has 3 atom stereocenters. The van der Waals surface area contributed by atoms with Crippen LogP contribution < -0.4 is 5.32 Å². The van der Waals surface area contributed by atoms with Crippen molar-refractivity contribution in [1.29, 1.82) is 0 Å². The number of carbonyl (C=O) groups is 2. The minimum Gasteiger partial charge on any atom is -0.480 e. The van der Waals surface area contributed by atoms with Crippen LogP contribution in [0.3, 0.4) is 0 Å². The molecule has 4 aliphatic rings. The van der Waals surface area contributed by atoms with Crippen LogP contribution in [-0.4, -0.2) is 23.0 Å². The maximum Gasteiger partial charge on any atom is 0.326 e. The van der Waals surface area contributed by atoms with Crippen molar-refractivity contribution in [2.75, 3.05) is 0 Å². The molecule has 3 unspecified atom stereocenters. The molecule has 4 fully saturated rings. The lowest BCUT2D eigenvalue weighted by Crippen LogP contribution is -2.58. The van der Waals surface area contributed by atoms with E-state index in [2.05, 4.69) is 18.8 Å². The van der Waals surface area contributed by atoms with Gasteiger partial charge in [-0.25, -0.2) is 4.79 Å². The van der Waals surface area contributed by atoms with Gasteiger partial charge in [-0.1, -0.05) is 13.0 Å². The fourth-order valence-electron chi connectivity index (χ4n) is 5.69. The summed E-state index contributed by atoms with van der Waals surface area (Å²) in [5.74, 6) is 0.311. The molecule has 116 valence electrons. The highest BCUT2D eigenvalue weighted by Gasteiger charge is 2.59. The maximum absolute atomic E-state index is 12.8. The van der Waals surface area contributed by atoms with Crippen LogP contribution in [0.1, 0.15) is 51.9 Å². The molecule has 4 nitrogen and oxygen atoms in total. The Bertz CT molecular complexity index is 470. The number of hydrogen-bond acceptors (Lipinski definition) is 2. The zero-order chi connectivity index (χ0) is 15.3. The van der Waals surface area contributed by atoms with E-state index in [1.54, 1.807) is 6.08 Å². The molecule has 0 aromatic carbocycles. The summed E-state index contributed by atoms with van der Waals surface area (Å²) < 4.78 is 0. The fourth-order valence-corrected chi connectivity index (χ4v) is 5.69. The van der Waals surface area contributed by atoms with E-state index >= 15 is 0 Å². The van der Waals surface area contributed by atoms with Crippen LogP contribution in [0.4, 0.5) is 0 Å². The van der Waals surface area contributed by atoms with E-state index in [0.717, 1.165) is 19.3 Å². The van der Waals surface area contributed by atoms with Crippen molar-refractivity contribution in [3.63, 3.8) is 0 Å². The van der Waals surface area contributed by atoms with Gasteiger partial charge >= 0.3 is 5.97 Å². The van der Waals surface area contributed by atoms with Crippen LogP contribution in [-0.2, 0) is 9.59 Å². The Hall–Kier alpha value is -1.32. The lowest BCUT2D eigenvalue weighted by molar-refractivity contribution is -0.158. The molecule has 4 bridgehead atoms. The Balaban J connectivity index is 1.78. The molecular formula is C17H25NO3. The van der Waals surface area contributed by atoms with Gasteiger partial charge in [-0.3, -0.25) is 4.79 Å². The van der Waals surface area contributed by atoms with Crippen LogP contribution in [0.5, 0.6) is 0 Å². The fraction of sp³-hybridized carbons (Fsp3) is 0.765. The van der Waals surface area contributed by atoms with Gasteiger partial charge in [-0.15, -0.1) is 6.58 Å². The summed E-state index contributed by atoms with van der Waals surface area (Å²) in [4.78, 5) is 24.1. The molecule has 1 amide bonds. The lowest BCUT2D eigenvalue weighted by atomic mass is 9.44. The Morgan fingerprint density at radius 1 is 1.33 bits per heavy atom. The third-order valence-electron chi connectivity index (χ3n) is 5.84. The summed E-state index contributed by atoms with van der Waals surface area (Å²) >= 11 is 0. The van der Waals surface area contributed by atoms with Gasteiger partial charge < -0.3 is 10.4 Å². The molecule has 21 heavy (non-hydrogen) atoms. The molecule has 0 aromatic heterocycles. The molecular weight excluding hydrogens is 266 g/mol. The molecule has 0 radical (unpaired) electrons. The zero-order valence-electron chi connectivity index (χ0n) is 12.7. The third kappa shape index (κ3) is 2.49. The molecule has 0 aromatic rings. The summed E-state index contributed by atoms with van der Waals surface area (Å²) in [6, 6.07) is -0.837. The number of carboxylic acid groups (broad SMARTS) is 1. The molecule has 0 spiro atoms. The lowest BCUT2D eigenvalue weighted by Gasteiger charge is -2.60. The SMILES string of the molecule is C=CCC(NC(=O)C12CC3CC(CC(C)(C3)C1)C2)C(=O)O. The summed E-state index contributed by atoms with van der Waals surface area (Å²) in [5.41, 5.74) is -0.0215. The Morgan fingerprint density at radius 3 is 2.43 bits per heavy atom. The molecule has 4 saturated carbocycles. The zero-order valence-corrected chi connectivity index (χ0v) is 12.7. The van der Waals surface area contributed by atoms with E-state index in [9.17, 15) is 14.7 Å². The van der Waals surface area contributed by atoms with Crippen molar-refractivity contribution < 1.29 is 14.7 Å². The largest absolute Gasteiger partial charge is 0.480 e. The van der Waals surface area contributed by atoms with Crippen LogP contribution in [0, 0.1) is 22.7 Å². The van der Waals surface area contributed by atoms with Gasteiger partial charge in [0.1, 0.15) is 6.04 Å². The molecule has 4 aliphatic carbocycles. The predicted octanol–water partition coefficient (Wildman–Crippen LogP) is 2.74. The first-order valence-corrected chi connectivity index (χ1v) is 8.00. The Labute approximate surface area is 126 Å². The number of nitrogens with one attached hydrogen (secondary N) is 1. The van der Waals surface area contributed by atoms with Crippen LogP contribution in [0.25, 0.3) is 0 Å². The topological polar surface area (TPSA) is 66.4 Å². The quantitative estimate of drug-likeness (QED) is 0.765. The predicted molar refractivity (Wildman–Crippen MR) is 79.6 cm³/mol. The first kappa shape index (κ1) is 14.6. The molecule has 2 N–H and O–H groups in total. The first-order valence-electron chi connectivity index (χ1n) is 8.00. The van der Waals surface area contributed by atoms with E-state index in [0.29, 0.717) is 17.3 Å². The average molecular weight is 291 g/mol. The highest BCUT2D eigenvalue weighted by molar-refractivity contribution is 5.88. The highest BCUT2D eigenvalue weighted by Crippen LogP contribution is 2.65. The van der Waals surface area contributed by atoms with Crippen molar-refractivity contribution in [2.24, 2.45) is 22.7 Å². The Kier molecular flexibility index (Phi) is 3.38. The first-order chi connectivity index (χ1) is 9.86. The van der Waals surface area contributed by atoms with E-state index in [1.807, 2.05) is 0 Å². The molecule has 0 heterocycles. The minimum absolute atomic E-state index is 0.0305. The summed E-state index contributed by atoms with van der Waals surface area (Å²) in [5, 5.41) is 12.0. The normalized spacial score (nSPS) is 41.6. The van der Waals surface area contributed by atoms with Crippen LogP contribution >= 0.6 is 0 Å². The monoisotopic (exact) mass is 291 g/mol. The second-order valence-corrected chi connectivity index (χ2v) is 7.94. The number of amides is 1. The van der Waals surface area contributed by atoms with Crippen LogP contribution in [0.2, 0.25) is 0 Å². The smallest absolute Gasteiger partial charge is 0.326 e. The van der Waals surface area contributed by atoms with Gasteiger partial charge in [0.25, 0.3) is 0 Å². The number of aliphatic carboxylic acids is 1. The highest BCUT2D eigenvalue weighted by atomic mass is 16.4. The van der Waals surface area contributed by atoms with E-state index in [4.69, 9.17) is 0 Å². The number of hydrogen-bond donors (Lipinski definition) is 2. The third-order valence-corrected chi connectivity index (χ3v) is 5.84. The number of carboxylic acids is 1. The summed E-state index contributed by atoms with van der Waals surface area (Å²) in [6.45, 7) is 5.89. The van der Waals surface area contributed by atoms with Crippen molar-refractivity contribution in [1.82, 2.24) is 5.32 Å². The molecule has 4 heteroatoms.